The van der Waals surface area contributed by atoms with E-state index in [1.165, 1.54) is 0 Å². The molecule has 2 amide bonds. The summed E-state index contributed by atoms with van der Waals surface area (Å²) in [6.45, 7) is 2.50. The van der Waals surface area contributed by atoms with E-state index in [0.717, 1.165) is 48.9 Å². The Kier molecular flexibility index (Phi) is 5.37. The lowest BCUT2D eigenvalue weighted by Crippen LogP contribution is -2.55. The number of aromatic amines is 1. The third-order valence-corrected chi connectivity index (χ3v) is 6.34. The molecule has 2 saturated heterocycles. The number of likely N-dealkylation sites (tertiary alicyclic amines) is 2. The van der Waals surface area contributed by atoms with Crippen LogP contribution in [0.1, 0.15) is 18.4 Å². The SMILES string of the molecule is CN1CCC2CN(C(=O)[C@H](Cc3c[nH]c4ccccc34)NC(=O)CN)CCC21. The molecule has 28 heavy (non-hydrogen) atoms. The quantitative estimate of drug-likeness (QED) is 0.709. The first-order valence-corrected chi connectivity index (χ1v) is 10.1. The van der Waals surface area contributed by atoms with Crippen LogP contribution < -0.4 is 11.1 Å². The van der Waals surface area contributed by atoms with Gasteiger partial charge in [-0.1, -0.05) is 18.2 Å². The molecule has 7 nitrogen and oxygen atoms in total. The molecule has 150 valence electrons. The van der Waals surface area contributed by atoms with Crippen molar-refractivity contribution in [1.82, 2.24) is 20.1 Å². The average Bonchev–Trinajstić information content (AvgIpc) is 3.30. The molecule has 2 fully saturated rings. The van der Waals surface area contributed by atoms with Gasteiger partial charge in [0, 0.05) is 42.7 Å². The van der Waals surface area contributed by atoms with Crippen LogP contribution in [0.15, 0.2) is 30.5 Å². The van der Waals surface area contributed by atoms with Crippen LogP contribution in [-0.2, 0) is 16.0 Å². The number of aromatic nitrogens is 1. The topological polar surface area (TPSA) is 94.5 Å². The summed E-state index contributed by atoms with van der Waals surface area (Å²) in [5, 5.41) is 3.94. The van der Waals surface area contributed by atoms with Crippen molar-refractivity contribution in [2.24, 2.45) is 11.7 Å². The molecule has 2 unspecified atom stereocenters. The molecule has 1 aromatic heterocycles. The van der Waals surface area contributed by atoms with E-state index in [0.29, 0.717) is 18.4 Å². The van der Waals surface area contributed by atoms with Crippen LogP contribution in [0.4, 0.5) is 0 Å². The Morgan fingerprint density at radius 3 is 2.93 bits per heavy atom. The Hall–Kier alpha value is -2.38. The zero-order valence-corrected chi connectivity index (χ0v) is 16.4. The predicted molar refractivity (Wildman–Crippen MR) is 109 cm³/mol. The second kappa shape index (κ2) is 7.93. The van der Waals surface area contributed by atoms with E-state index in [1.807, 2.05) is 35.4 Å². The standard InChI is InChI=1S/C21H29N5O2/c1-25-8-6-14-13-26(9-7-19(14)25)21(28)18(24-20(27)11-22)10-15-12-23-17-5-3-2-4-16(15)17/h2-5,12,14,18-19,23H,6-11,13,22H2,1H3,(H,24,27)/t14?,18-,19?/m0/s1. The van der Waals surface area contributed by atoms with E-state index >= 15 is 0 Å². The number of H-pyrrole nitrogens is 1. The van der Waals surface area contributed by atoms with E-state index in [4.69, 9.17) is 5.73 Å². The Bertz CT molecular complexity index is 863. The van der Waals surface area contributed by atoms with Crippen LogP contribution in [0.3, 0.4) is 0 Å². The monoisotopic (exact) mass is 383 g/mol. The van der Waals surface area contributed by atoms with E-state index in [2.05, 4.69) is 22.2 Å². The molecule has 3 heterocycles. The number of nitrogens with zero attached hydrogens (tertiary/aromatic N) is 2. The number of fused-ring (bicyclic) bond motifs is 2. The van der Waals surface area contributed by atoms with Crippen molar-refractivity contribution in [2.75, 3.05) is 33.2 Å². The van der Waals surface area contributed by atoms with Crippen molar-refractivity contribution in [1.29, 1.82) is 0 Å². The van der Waals surface area contributed by atoms with Crippen LogP contribution in [-0.4, -0.2) is 71.9 Å². The van der Waals surface area contributed by atoms with E-state index in [-0.39, 0.29) is 18.4 Å². The van der Waals surface area contributed by atoms with Gasteiger partial charge in [-0.25, -0.2) is 0 Å². The van der Waals surface area contributed by atoms with Gasteiger partial charge in [0.1, 0.15) is 6.04 Å². The number of para-hydroxylation sites is 1. The molecule has 2 aliphatic heterocycles. The summed E-state index contributed by atoms with van der Waals surface area (Å²) in [6, 6.07) is 7.99. The van der Waals surface area contributed by atoms with Gasteiger partial charge in [-0.3, -0.25) is 9.59 Å². The molecule has 4 rings (SSSR count). The van der Waals surface area contributed by atoms with E-state index < -0.39 is 6.04 Å². The third kappa shape index (κ3) is 3.64. The number of piperidine rings is 1. The highest BCUT2D eigenvalue weighted by atomic mass is 16.2. The Morgan fingerprint density at radius 2 is 2.11 bits per heavy atom. The summed E-state index contributed by atoms with van der Waals surface area (Å²) in [5.74, 6) is 0.232. The summed E-state index contributed by atoms with van der Waals surface area (Å²) in [6.07, 6.45) is 4.52. The lowest BCUT2D eigenvalue weighted by Gasteiger charge is -2.38. The van der Waals surface area contributed by atoms with Crippen molar-refractivity contribution in [2.45, 2.75) is 31.3 Å². The second-order valence-corrected chi connectivity index (χ2v) is 8.06. The lowest BCUT2D eigenvalue weighted by molar-refractivity contribution is -0.138. The van der Waals surface area contributed by atoms with Crippen molar-refractivity contribution >= 4 is 22.7 Å². The summed E-state index contributed by atoms with van der Waals surface area (Å²) in [4.78, 5) is 32.9. The highest BCUT2D eigenvalue weighted by Crippen LogP contribution is 2.30. The molecule has 0 bridgehead atoms. The first kappa shape index (κ1) is 19.0. The zero-order valence-electron chi connectivity index (χ0n) is 16.4. The highest BCUT2D eigenvalue weighted by Gasteiger charge is 2.39. The number of nitrogens with two attached hydrogens (primary N) is 1. The van der Waals surface area contributed by atoms with Crippen LogP contribution in [0.5, 0.6) is 0 Å². The van der Waals surface area contributed by atoms with Crippen molar-refractivity contribution in [3.05, 3.63) is 36.0 Å². The maximum absolute atomic E-state index is 13.3. The third-order valence-electron chi connectivity index (χ3n) is 6.34. The molecule has 2 aliphatic rings. The average molecular weight is 383 g/mol. The molecule has 3 atom stereocenters. The number of amides is 2. The van der Waals surface area contributed by atoms with Crippen LogP contribution >= 0.6 is 0 Å². The van der Waals surface area contributed by atoms with Crippen molar-refractivity contribution in [3.8, 4) is 0 Å². The molecule has 0 radical (unpaired) electrons. The molecule has 0 aliphatic carbocycles. The van der Waals surface area contributed by atoms with Gasteiger partial charge in [0.2, 0.25) is 11.8 Å². The van der Waals surface area contributed by atoms with Gasteiger partial charge in [-0.05, 0) is 44.0 Å². The van der Waals surface area contributed by atoms with Gasteiger partial charge in [0.15, 0.2) is 0 Å². The van der Waals surface area contributed by atoms with Gasteiger partial charge in [-0.2, -0.15) is 0 Å². The molecular weight excluding hydrogens is 354 g/mol. The molecule has 7 heteroatoms. The zero-order chi connectivity index (χ0) is 19.7. The largest absolute Gasteiger partial charge is 0.361 e. The molecule has 0 saturated carbocycles. The fourth-order valence-corrected chi connectivity index (χ4v) is 4.81. The number of benzene rings is 1. The normalized spacial score (nSPS) is 23.6. The summed E-state index contributed by atoms with van der Waals surface area (Å²) in [5.41, 5.74) is 7.56. The van der Waals surface area contributed by atoms with Crippen molar-refractivity contribution in [3.63, 3.8) is 0 Å². The molecule has 0 spiro atoms. The molecular formula is C21H29N5O2. The lowest BCUT2D eigenvalue weighted by atomic mass is 9.92. The number of hydrogen-bond donors (Lipinski definition) is 3. The van der Waals surface area contributed by atoms with Gasteiger partial charge >= 0.3 is 0 Å². The number of hydrogen-bond acceptors (Lipinski definition) is 4. The number of rotatable bonds is 5. The Labute approximate surface area is 165 Å². The Balaban J connectivity index is 1.52. The number of nitrogens with one attached hydrogen (secondary N) is 2. The van der Waals surface area contributed by atoms with Crippen LogP contribution in [0, 0.1) is 5.92 Å². The van der Waals surface area contributed by atoms with Crippen LogP contribution in [0.25, 0.3) is 10.9 Å². The van der Waals surface area contributed by atoms with Gasteiger partial charge in [0.05, 0.1) is 6.54 Å². The van der Waals surface area contributed by atoms with Gasteiger partial charge in [-0.15, -0.1) is 0 Å². The minimum Gasteiger partial charge on any atom is -0.361 e. The Morgan fingerprint density at radius 1 is 1.29 bits per heavy atom. The van der Waals surface area contributed by atoms with E-state index in [9.17, 15) is 9.59 Å². The maximum Gasteiger partial charge on any atom is 0.245 e. The maximum atomic E-state index is 13.3. The fourth-order valence-electron chi connectivity index (χ4n) is 4.81. The molecule has 2 aromatic rings. The molecule has 1 aromatic carbocycles. The number of carbonyl (C=O) groups excluding carboxylic acids is 2. The first-order chi connectivity index (χ1) is 13.6. The fraction of sp³-hybridized carbons (Fsp3) is 0.524. The minimum absolute atomic E-state index is 0.0000779. The van der Waals surface area contributed by atoms with Crippen LogP contribution in [0.2, 0.25) is 0 Å². The first-order valence-electron chi connectivity index (χ1n) is 10.1. The van der Waals surface area contributed by atoms with Crippen molar-refractivity contribution < 1.29 is 9.59 Å². The summed E-state index contributed by atoms with van der Waals surface area (Å²) >= 11 is 0. The predicted octanol–water partition coefficient (Wildman–Crippen LogP) is 0.707. The number of carbonyl (C=O) groups is 2. The second-order valence-electron chi connectivity index (χ2n) is 8.06. The summed E-state index contributed by atoms with van der Waals surface area (Å²) in [7, 11) is 2.17. The molecule has 4 N–H and O–H groups in total. The highest BCUT2D eigenvalue weighted by molar-refractivity contribution is 5.90. The smallest absolute Gasteiger partial charge is 0.245 e. The van der Waals surface area contributed by atoms with Gasteiger partial charge in [0.25, 0.3) is 0 Å². The van der Waals surface area contributed by atoms with Gasteiger partial charge < -0.3 is 25.8 Å². The van der Waals surface area contributed by atoms with E-state index in [1.54, 1.807) is 0 Å². The summed E-state index contributed by atoms with van der Waals surface area (Å²) < 4.78 is 0. The minimum atomic E-state index is -0.592.